The normalized spacial score (nSPS) is 9.00. The van der Waals surface area contributed by atoms with E-state index < -0.39 is 0 Å². The highest BCUT2D eigenvalue weighted by Crippen LogP contribution is 2.08. The average Bonchev–Trinajstić information content (AvgIpc) is 2.26. The average molecular weight is 194 g/mol. The van der Waals surface area contributed by atoms with Crippen molar-refractivity contribution in [1.29, 1.82) is 5.26 Å². The number of hydrogen-bond acceptors (Lipinski definition) is 2. The van der Waals surface area contributed by atoms with Crippen LogP contribution >= 0.6 is 0 Å². The number of rotatable bonds is 0. The van der Waals surface area contributed by atoms with Crippen molar-refractivity contribution in [1.82, 2.24) is 4.98 Å². The maximum atomic E-state index is 11.4. The van der Waals surface area contributed by atoms with Crippen LogP contribution in [0.25, 0.3) is 10.9 Å². The molecule has 2 rings (SSSR count). The Balaban J connectivity index is 2.68. The van der Waals surface area contributed by atoms with Crippen LogP contribution in [0.4, 0.5) is 0 Å². The second-order valence-corrected chi connectivity index (χ2v) is 2.96. The van der Waals surface area contributed by atoms with Gasteiger partial charge < -0.3 is 4.98 Å². The zero-order valence-electron chi connectivity index (χ0n) is 7.74. The summed E-state index contributed by atoms with van der Waals surface area (Å²) in [5, 5.41) is 8.93. The summed E-state index contributed by atoms with van der Waals surface area (Å²) in [6.07, 6.45) is 1.59. The predicted molar refractivity (Wildman–Crippen MR) is 57.1 cm³/mol. The van der Waals surface area contributed by atoms with Crippen LogP contribution in [-0.4, -0.2) is 4.98 Å². The number of pyridine rings is 1. The van der Waals surface area contributed by atoms with E-state index in [1.165, 1.54) is 6.07 Å². The maximum absolute atomic E-state index is 11.4. The molecule has 0 amide bonds. The number of nitrogens with zero attached hydrogens (tertiary/aromatic N) is 1. The summed E-state index contributed by atoms with van der Waals surface area (Å²) in [5.74, 6) is 4.98. The number of benzene rings is 1. The number of nitriles is 1. The first-order valence-corrected chi connectivity index (χ1v) is 4.33. The molecule has 0 aliphatic rings. The van der Waals surface area contributed by atoms with Crippen LogP contribution in [0.1, 0.15) is 5.56 Å². The van der Waals surface area contributed by atoms with Gasteiger partial charge in [0.25, 0.3) is 0 Å². The molecule has 1 aromatic heterocycles. The Kier molecular flexibility index (Phi) is 2.23. The van der Waals surface area contributed by atoms with Crippen molar-refractivity contribution in [3.05, 3.63) is 46.2 Å². The van der Waals surface area contributed by atoms with Gasteiger partial charge in [0.1, 0.15) is 0 Å². The molecular weight excluding hydrogens is 188 g/mol. The molecule has 0 saturated carbocycles. The molecule has 3 heteroatoms. The lowest BCUT2D eigenvalue weighted by Gasteiger charge is -1.96. The van der Waals surface area contributed by atoms with Crippen LogP contribution in [-0.2, 0) is 0 Å². The molecular formula is C12H6N2O. The van der Waals surface area contributed by atoms with E-state index in [0.29, 0.717) is 10.9 Å². The Hall–Kier alpha value is -2.52. The van der Waals surface area contributed by atoms with E-state index in [4.69, 9.17) is 5.26 Å². The predicted octanol–water partition coefficient (Wildman–Crippen LogP) is 1.40. The number of fused-ring (bicyclic) bond motifs is 1. The molecule has 0 fully saturated rings. The summed E-state index contributed by atoms with van der Waals surface area (Å²) in [5.41, 5.74) is 1.42. The van der Waals surface area contributed by atoms with Crippen molar-refractivity contribution in [2.75, 3.05) is 0 Å². The molecule has 0 aliphatic carbocycles. The van der Waals surface area contributed by atoms with Gasteiger partial charge in [0, 0.05) is 29.1 Å². The Labute approximate surface area is 86.0 Å². The third-order valence-electron chi connectivity index (χ3n) is 2.02. The maximum Gasteiger partial charge on any atom is 0.189 e. The number of aromatic nitrogens is 1. The van der Waals surface area contributed by atoms with Crippen LogP contribution in [0.5, 0.6) is 0 Å². The van der Waals surface area contributed by atoms with Crippen LogP contribution < -0.4 is 5.43 Å². The minimum atomic E-state index is -0.0245. The topological polar surface area (TPSA) is 56.6 Å². The molecule has 3 nitrogen and oxygen atoms in total. The van der Waals surface area contributed by atoms with E-state index >= 15 is 0 Å². The van der Waals surface area contributed by atoms with E-state index in [1.807, 2.05) is 0 Å². The number of nitrogens with one attached hydrogen (secondary N) is 1. The van der Waals surface area contributed by atoms with Crippen molar-refractivity contribution in [2.45, 2.75) is 0 Å². The monoisotopic (exact) mass is 194 g/mol. The molecule has 70 valence electrons. The summed E-state index contributed by atoms with van der Waals surface area (Å²) in [6, 6.07) is 8.40. The summed E-state index contributed by atoms with van der Waals surface area (Å²) in [4.78, 5) is 14.4. The van der Waals surface area contributed by atoms with Gasteiger partial charge in [-0.2, -0.15) is 5.26 Å². The van der Waals surface area contributed by atoms with Crippen molar-refractivity contribution in [3.63, 3.8) is 0 Å². The van der Waals surface area contributed by atoms with Crippen LogP contribution in [0, 0.1) is 23.2 Å². The molecule has 0 bridgehead atoms. The Morgan fingerprint density at radius 1 is 1.27 bits per heavy atom. The first-order chi connectivity index (χ1) is 7.31. The lowest BCUT2D eigenvalue weighted by atomic mass is 10.1. The third kappa shape index (κ3) is 1.72. The fourth-order valence-electron chi connectivity index (χ4n) is 1.35. The number of H-pyrrole nitrogens is 1. The van der Waals surface area contributed by atoms with Gasteiger partial charge >= 0.3 is 0 Å². The van der Waals surface area contributed by atoms with E-state index in [1.54, 1.807) is 30.5 Å². The van der Waals surface area contributed by atoms with Gasteiger partial charge in [0.15, 0.2) is 11.5 Å². The summed E-state index contributed by atoms with van der Waals surface area (Å²) < 4.78 is 0. The Morgan fingerprint density at radius 3 is 2.93 bits per heavy atom. The van der Waals surface area contributed by atoms with Crippen LogP contribution in [0.2, 0.25) is 0 Å². The van der Waals surface area contributed by atoms with Gasteiger partial charge in [-0.1, -0.05) is 5.92 Å². The Bertz CT molecular complexity index is 666. The van der Waals surface area contributed by atoms with Gasteiger partial charge in [0.05, 0.1) is 5.52 Å². The lowest BCUT2D eigenvalue weighted by Crippen LogP contribution is -1.99. The van der Waals surface area contributed by atoms with Crippen LogP contribution in [0.15, 0.2) is 35.3 Å². The fraction of sp³-hybridized carbons (Fsp3) is 0. The Morgan fingerprint density at radius 2 is 2.13 bits per heavy atom. The first kappa shape index (κ1) is 9.05. The molecule has 1 heterocycles. The molecule has 1 N–H and O–H groups in total. The van der Waals surface area contributed by atoms with Gasteiger partial charge in [-0.25, -0.2) is 0 Å². The molecule has 0 radical (unpaired) electrons. The summed E-state index contributed by atoms with van der Waals surface area (Å²) in [7, 11) is 0. The summed E-state index contributed by atoms with van der Waals surface area (Å²) >= 11 is 0. The van der Waals surface area contributed by atoms with Gasteiger partial charge in [0.2, 0.25) is 0 Å². The minimum absolute atomic E-state index is 0.0245. The highest BCUT2D eigenvalue weighted by molar-refractivity contribution is 5.79. The van der Waals surface area contributed by atoms with Gasteiger partial charge in [-0.3, -0.25) is 4.79 Å². The second kappa shape index (κ2) is 3.69. The van der Waals surface area contributed by atoms with Crippen molar-refractivity contribution < 1.29 is 0 Å². The van der Waals surface area contributed by atoms with Crippen molar-refractivity contribution >= 4 is 10.9 Å². The van der Waals surface area contributed by atoms with Crippen molar-refractivity contribution in [2.24, 2.45) is 0 Å². The smallest absolute Gasteiger partial charge is 0.189 e. The number of hydrogen-bond donors (Lipinski definition) is 1. The first-order valence-electron chi connectivity index (χ1n) is 4.33. The zero-order chi connectivity index (χ0) is 10.7. The van der Waals surface area contributed by atoms with E-state index in [-0.39, 0.29) is 5.43 Å². The quantitative estimate of drug-likeness (QED) is 0.644. The van der Waals surface area contributed by atoms with Crippen molar-refractivity contribution in [3.8, 4) is 17.9 Å². The minimum Gasteiger partial charge on any atom is -0.361 e. The SMILES string of the molecule is N#CC#Cc1ccc2c(=O)cc[nH]c2c1. The second-order valence-electron chi connectivity index (χ2n) is 2.96. The van der Waals surface area contributed by atoms with E-state index in [9.17, 15) is 4.79 Å². The molecule has 15 heavy (non-hydrogen) atoms. The molecule has 1 aromatic carbocycles. The van der Waals surface area contributed by atoms with Gasteiger partial charge in [-0.05, 0) is 18.2 Å². The summed E-state index contributed by atoms with van der Waals surface area (Å²) in [6.45, 7) is 0. The lowest BCUT2D eigenvalue weighted by molar-refractivity contribution is 1.39. The standard InChI is InChI=1S/C12H6N2O/c13-6-1-2-9-3-4-10-11(8-9)14-7-5-12(10)15/h3-5,7-8H,(H,14,15). The third-order valence-corrected chi connectivity index (χ3v) is 2.02. The highest BCUT2D eigenvalue weighted by atomic mass is 16.1. The van der Waals surface area contributed by atoms with E-state index in [0.717, 1.165) is 5.52 Å². The number of aromatic amines is 1. The largest absolute Gasteiger partial charge is 0.361 e. The van der Waals surface area contributed by atoms with E-state index in [2.05, 4.69) is 16.8 Å². The van der Waals surface area contributed by atoms with Crippen LogP contribution in [0.3, 0.4) is 0 Å². The zero-order valence-corrected chi connectivity index (χ0v) is 7.74. The van der Waals surface area contributed by atoms with Gasteiger partial charge in [-0.15, -0.1) is 0 Å². The molecule has 2 aromatic rings. The molecule has 0 atom stereocenters. The molecule has 0 aliphatic heterocycles. The fourth-order valence-corrected chi connectivity index (χ4v) is 1.35. The molecule has 0 unspecified atom stereocenters. The highest BCUT2D eigenvalue weighted by Gasteiger charge is 1.97. The molecule has 0 saturated heterocycles. The molecule has 0 spiro atoms.